The molecule has 0 N–H and O–H groups in total. The molecule has 2 aliphatic rings. The molecule has 24 heavy (non-hydrogen) atoms. The van der Waals surface area contributed by atoms with Crippen molar-refractivity contribution in [1.29, 1.82) is 0 Å². The lowest BCUT2D eigenvalue weighted by atomic mass is 9.79. The molecule has 0 bridgehead atoms. The van der Waals surface area contributed by atoms with E-state index in [9.17, 15) is 18.0 Å². The van der Waals surface area contributed by atoms with Gasteiger partial charge < -0.3 is 4.74 Å². The monoisotopic (exact) mass is 350 g/mol. The van der Waals surface area contributed by atoms with Crippen molar-refractivity contribution < 1.29 is 22.7 Å². The number of ether oxygens (including phenoxy) is 1. The second kappa shape index (κ2) is 6.41. The molecule has 1 aliphatic carbocycles. The summed E-state index contributed by atoms with van der Waals surface area (Å²) in [7, 11) is -3.23. The van der Waals surface area contributed by atoms with Gasteiger partial charge in [-0.2, -0.15) is 0 Å². The number of carbonyl (C=O) groups is 2. The Balaban J connectivity index is 2.00. The highest BCUT2D eigenvalue weighted by molar-refractivity contribution is 7.91. The lowest BCUT2D eigenvalue weighted by molar-refractivity contribution is -0.129. The van der Waals surface area contributed by atoms with Crippen LogP contribution in [0.15, 0.2) is 17.0 Å². The second-order valence-electron chi connectivity index (χ2n) is 6.48. The first-order valence-corrected chi connectivity index (χ1v) is 10.1. The van der Waals surface area contributed by atoms with Gasteiger partial charge in [-0.3, -0.25) is 9.59 Å². The molecule has 1 fully saturated rings. The van der Waals surface area contributed by atoms with Crippen molar-refractivity contribution in [2.24, 2.45) is 5.92 Å². The SMILES string of the molecule is CCOC1CCCC(=O)C1C(=O)c1ccc2c(c1C)CCS2(=O)=O. The minimum atomic E-state index is -3.23. The lowest BCUT2D eigenvalue weighted by Crippen LogP contribution is -2.40. The summed E-state index contributed by atoms with van der Waals surface area (Å²) >= 11 is 0. The van der Waals surface area contributed by atoms with Gasteiger partial charge in [-0.15, -0.1) is 0 Å². The Morgan fingerprint density at radius 2 is 2.04 bits per heavy atom. The molecule has 2 unspecified atom stereocenters. The van der Waals surface area contributed by atoms with E-state index in [1.54, 1.807) is 13.0 Å². The summed E-state index contributed by atoms with van der Waals surface area (Å²) in [5.74, 6) is -0.987. The Morgan fingerprint density at radius 3 is 2.75 bits per heavy atom. The van der Waals surface area contributed by atoms with Crippen LogP contribution < -0.4 is 0 Å². The maximum atomic E-state index is 13.0. The number of benzene rings is 1. The summed E-state index contributed by atoms with van der Waals surface area (Å²) in [5.41, 5.74) is 1.86. The van der Waals surface area contributed by atoms with Gasteiger partial charge in [0.1, 0.15) is 11.7 Å². The molecule has 2 atom stereocenters. The summed E-state index contributed by atoms with van der Waals surface area (Å²) < 4.78 is 29.7. The Morgan fingerprint density at radius 1 is 1.29 bits per heavy atom. The van der Waals surface area contributed by atoms with Crippen LogP contribution in [-0.4, -0.2) is 38.4 Å². The third-order valence-electron chi connectivity index (χ3n) is 5.07. The van der Waals surface area contributed by atoms with E-state index in [-0.39, 0.29) is 23.4 Å². The van der Waals surface area contributed by atoms with Crippen LogP contribution in [-0.2, 0) is 25.8 Å². The zero-order valence-corrected chi connectivity index (χ0v) is 14.8. The van der Waals surface area contributed by atoms with Gasteiger partial charge in [0.2, 0.25) is 0 Å². The predicted molar refractivity (Wildman–Crippen MR) is 89.0 cm³/mol. The molecular weight excluding hydrogens is 328 g/mol. The van der Waals surface area contributed by atoms with Crippen molar-refractivity contribution in [2.45, 2.75) is 50.5 Å². The number of ketones is 2. The molecule has 0 amide bonds. The third kappa shape index (κ3) is 2.82. The molecule has 0 aromatic heterocycles. The van der Waals surface area contributed by atoms with Gasteiger partial charge in [-0.25, -0.2) is 8.42 Å². The Hall–Kier alpha value is -1.53. The van der Waals surface area contributed by atoms with E-state index in [1.165, 1.54) is 6.07 Å². The minimum absolute atomic E-state index is 0.0720. The molecule has 1 aromatic carbocycles. The average molecular weight is 350 g/mol. The predicted octanol–water partition coefficient (Wildman–Crippen LogP) is 2.28. The number of Topliss-reactive ketones (excluding diaryl/α,β-unsaturated/α-hetero) is 2. The van der Waals surface area contributed by atoms with Crippen molar-refractivity contribution in [3.63, 3.8) is 0 Å². The molecule has 0 radical (unpaired) electrons. The van der Waals surface area contributed by atoms with Gasteiger partial charge >= 0.3 is 0 Å². The van der Waals surface area contributed by atoms with Gasteiger partial charge in [-0.05, 0) is 56.4 Å². The summed E-state index contributed by atoms with van der Waals surface area (Å²) in [6.07, 6.45) is 1.90. The topological polar surface area (TPSA) is 77.5 Å². The van der Waals surface area contributed by atoms with Crippen molar-refractivity contribution in [1.82, 2.24) is 0 Å². The molecule has 1 aromatic rings. The molecule has 6 heteroatoms. The van der Waals surface area contributed by atoms with E-state index < -0.39 is 15.8 Å². The van der Waals surface area contributed by atoms with Gasteiger partial charge in [0, 0.05) is 18.6 Å². The van der Waals surface area contributed by atoms with E-state index >= 15 is 0 Å². The summed E-state index contributed by atoms with van der Waals surface area (Å²) in [4.78, 5) is 25.7. The van der Waals surface area contributed by atoms with Crippen LogP contribution in [0.3, 0.4) is 0 Å². The molecule has 1 aliphatic heterocycles. The quantitative estimate of drug-likeness (QED) is 0.615. The highest BCUT2D eigenvalue weighted by Gasteiger charge is 2.39. The second-order valence-corrected chi connectivity index (χ2v) is 8.56. The zero-order chi connectivity index (χ0) is 17.5. The fraction of sp³-hybridized carbons (Fsp3) is 0.556. The molecule has 5 nitrogen and oxygen atoms in total. The number of fused-ring (bicyclic) bond motifs is 1. The van der Waals surface area contributed by atoms with Crippen LogP contribution in [0.5, 0.6) is 0 Å². The standard InChI is InChI=1S/C18H22O5S/c1-3-23-15-6-4-5-14(19)17(15)18(20)13-7-8-16-12(11(13)2)9-10-24(16,21)22/h7-8,15,17H,3-6,9-10H2,1-2H3. The number of hydrogen-bond donors (Lipinski definition) is 0. The molecule has 130 valence electrons. The normalized spacial score (nSPS) is 25.5. The van der Waals surface area contributed by atoms with Crippen molar-refractivity contribution in [3.05, 3.63) is 28.8 Å². The largest absolute Gasteiger partial charge is 0.377 e. The van der Waals surface area contributed by atoms with Gasteiger partial charge in [0.15, 0.2) is 15.6 Å². The van der Waals surface area contributed by atoms with Crippen LogP contribution in [0.1, 0.15) is 47.7 Å². The van der Waals surface area contributed by atoms with Crippen molar-refractivity contribution in [3.8, 4) is 0 Å². The highest BCUT2D eigenvalue weighted by atomic mass is 32.2. The Labute approximate surface area is 142 Å². The van der Waals surface area contributed by atoms with Gasteiger partial charge in [-0.1, -0.05) is 0 Å². The van der Waals surface area contributed by atoms with Crippen molar-refractivity contribution in [2.75, 3.05) is 12.4 Å². The maximum Gasteiger partial charge on any atom is 0.178 e. The summed E-state index contributed by atoms with van der Waals surface area (Å²) in [5, 5.41) is 0. The molecule has 1 heterocycles. The zero-order valence-electron chi connectivity index (χ0n) is 14.0. The summed E-state index contributed by atoms with van der Waals surface area (Å²) in [6.45, 7) is 4.09. The van der Waals surface area contributed by atoms with Crippen LogP contribution >= 0.6 is 0 Å². The van der Waals surface area contributed by atoms with Crippen LogP contribution in [0.4, 0.5) is 0 Å². The fourth-order valence-electron chi connectivity index (χ4n) is 3.83. The van der Waals surface area contributed by atoms with E-state index in [0.717, 1.165) is 12.0 Å². The van der Waals surface area contributed by atoms with Crippen LogP contribution in [0.25, 0.3) is 0 Å². The van der Waals surface area contributed by atoms with Crippen LogP contribution in [0.2, 0.25) is 0 Å². The lowest BCUT2D eigenvalue weighted by Gasteiger charge is -2.29. The van der Waals surface area contributed by atoms with Gasteiger partial charge in [0.25, 0.3) is 0 Å². The van der Waals surface area contributed by atoms with E-state index in [4.69, 9.17) is 4.74 Å². The number of carbonyl (C=O) groups excluding carboxylic acids is 2. The molecule has 0 spiro atoms. The first kappa shape index (κ1) is 17.3. The fourth-order valence-corrected chi connectivity index (χ4v) is 5.43. The van der Waals surface area contributed by atoms with Crippen molar-refractivity contribution >= 4 is 21.4 Å². The Kier molecular flexibility index (Phi) is 4.62. The van der Waals surface area contributed by atoms with Crippen LogP contribution in [0, 0.1) is 12.8 Å². The maximum absolute atomic E-state index is 13.0. The van der Waals surface area contributed by atoms with E-state index in [2.05, 4.69) is 0 Å². The molecule has 1 saturated carbocycles. The first-order valence-electron chi connectivity index (χ1n) is 8.40. The molecule has 3 rings (SSSR count). The van der Waals surface area contributed by atoms with E-state index in [0.29, 0.717) is 41.9 Å². The summed E-state index contributed by atoms with van der Waals surface area (Å²) in [6, 6.07) is 3.07. The third-order valence-corrected chi connectivity index (χ3v) is 6.86. The average Bonchev–Trinajstić information content (AvgIpc) is 2.84. The number of hydrogen-bond acceptors (Lipinski definition) is 5. The number of rotatable bonds is 4. The number of sulfone groups is 1. The smallest absolute Gasteiger partial charge is 0.178 e. The van der Waals surface area contributed by atoms with Gasteiger partial charge in [0.05, 0.1) is 16.8 Å². The minimum Gasteiger partial charge on any atom is -0.377 e. The first-order chi connectivity index (χ1) is 11.4. The Bertz CT molecular complexity index is 792. The van der Waals surface area contributed by atoms with E-state index in [1.807, 2.05) is 6.92 Å². The molecular formula is C18H22O5S. The molecule has 0 saturated heterocycles. The highest BCUT2D eigenvalue weighted by Crippen LogP contribution is 2.33.